The van der Waals surface area contributed by atoms with E-state index in [0.29, 0.717) is 0 Å². The zero-order valence-corrected chi connectivity index (χ0v) is 24.3. The summed E-state index contributed by atoms with van der Waals surface area (Å²) in [5.74, 6) is 0. The molecule has 2 aliphatic carbocycles. The molecule has 0 spiro atoms. The molecule has 2 aromatic carbocycles. The summed E-state index contributed by atoms with van der Waals surface area (Å²) in [6, 6.07) is 18.5. The Morgan fingerprint density at radius 2 is 1.08 bits per heavy atom. The van der Waals surface area contributed by atoms with Crippen molar-refractivity contribution in [2.75, 3.05) is 19.0 Å². The van der Waals surface area contributed by atoms with E-state index < -0.39 is 15.2 Å². The fraction of sp³-hybridized carbons (Fsp3) is 0.500. The molecule has 1 nitrogen and oxygen atoms in total. The summed E-state index contributed by atoms with van der Waals surface area (Å²) < 4.78 is 39.0. The Labute approximate surface area is 229 Å². The van der Waals surface area contributed by atoms with Crippen molar-refractivity contribution < 1.29 is 36.7 Å². The number of para-hydroxylation sites is 1. The van der Waals surface area contributed by atoms with Gasteiger partial charge in [-0.2, -0.15) is 0 Å². The van der Waals surface area contributed by atoms with Crippen molar-refractivity contribution in [3.63, 3.8) is 0 Å². The van der Waals surface area contributed by atoms with Gasteiger partial charge < -0.3 is 22.2 Å². The summed E-state index contributed by atoms with van der Waals surface area (Å²) in [6.45, 7) is 6.00. The first-order chi connectivity index (χ1) is 16.8. The maximum atomic E-state index is 9.75. The Hall–Kier alpha value is -1.18. The molecule has 2 saturated carbocycles. The van der Waals surface area contributed by atoms with Crippen LogP contribution in [-0.2, 0) is 19.5 Å². The minimum atomic E-state index is -6.00. The molecule has 8 heteroatoms. The monoisotopic (exact) mass is 612 g/mol. The van der Waals surface area contributed by atoms with E-state index in [1.165, 1.54) is 81.0 Å². The zero-order valence-electron chi connectivity index (χ0n) is 21.6. The van der Waals surface area contributed by atoms with Crippen molar-refractivity contribution in [2.45, 2.75) is 75.5 Å². The first-order valence-corrected chi connectivity index (χ1v) is 14.5. The third-order valence-electron chi connectivity index (χ3n) is 7.00. The molecule has 203 valence electrons. The molecule has 4 rings (SSSR count). The number of nitrogens with zero attached hydrogens (tertiary/aromatic N) is 1. The Kier molecular flexibility index (Phi) is 15.2. The molecule has 0 saturated heterocycles. The minimum absolute atomic E-state index is 0. The van der Waals surface area contributed by atoms with Crippen LogP contribution in [-0.4, -0.2) is 32.7 Å². The molecule has 0 unspecified atom stereocenters. The van der Waals surface area contributed by atoms with E-state index in [4.69, 9.17) is 0 Å². The molecule has 0 heterocycles. The molecule has 0 aliphatic heterocycles. The Balaban J connectivity index is 0.000000726. The van der Waals surface area contributed by atoms with Gasteiger partial charge in [0.05, 0.1) is 16.6 Å². The van der Waals surface area contributed by atoms with Crippen LogP contribution in [0.15, 0.2) is 61.7 Å². The van der Waals surface area contributed by atoms with Gasteiger partial charge in [0.25, 0.3) is 0 Å². The van der Waals surface area contributed by atoms with Crippen LogP contribution in [0.4, 0.5) is 23.0 Å². The average molecular weight is 612 g/mol. The van der Waals surface area contributed by atoms with Crippen molar-refractivity contribution in [1.29, 1.82) is 0 Å². The second-order valence-electron chi connectivity index (χ2n) is 9.58. The average Bonchev–Trinajstić information content (AvgIpc) is 2.86. The third-order valence-corrected chi connectivity index (χ3v) is 11.0. The summed E-state index contributed by atoms with van der Waals surface area (Å²) >= 11 is 0. The fourth-order valence-electron chi connectivity index (χ4n) is 5.66. The molecular weight excluding hydrogens is 571 g/mol. The van der Waals surface area contributed by atoms with Gasteiger partial charge in [0, 0.05) is 58.3 Å². The van der Waals surface area contributed by atoms with Gasteiger partial charge >= 0.3 is 7.25 Å². The van der Waals surface area contributed by atoms with Crippen LogP contribution < -0.4 is 10.2 Å². The van der Waals surface area contributed by atoms with Crippen LogP contribution in [0.1, 0.15) is 64.2 Å². The van der Waals surface area contributed by atoms with Crippen LogP contribution in [0.5, 0.6) is 0 Å². The van der Waals surface area contributed by atoms with Gasteiger partial charge in [-0.1, -0.05) is 49.2 Å². The maximum Gasteiger partial charge on any atom is 0.673 e. The van der Waals surface area contributed by atoms with E-state index in [1.807, 2.05) is 0 Å². The second-order valence-corrected chi connectivity index (χ2v) is 12.7. The molecule has 0 bridgehead atoms. The van der Waals surface area contributed by atoms with Crippen LogP contribution in [0.25, 0.3) is 11.1 Å². The van der Waals surface area contributed by atoms with Crippen molar-refractivity contribution in [3.8, 4) is 11.1 Å². The smallest absolute Gasteiger partial charge is 0.418 e. The Morgan fingerprint density at radius 1 is 0.694 bits per heavy atom. The fourth-order valence-corrected chi connectivity index (χ4v) is 10.1. The normalized spacial score (nSPS) is 16.6. The number of hydrogen-bond donors (Lipinski definition) is 0. The minimum Gasteiger partial charge on any atom is -0.418 e. The maximum absolute atomic E-state index is 9.75. The van der Waals surface area contributed by atoms with E-state index in [2.05, 4.69) is 80.7 Å². The van der Waals surface area contributed by atoms with E-state index >= 15 is 0 Å². The molecule has 2 fully saturated rings. The van der Waals surface area contributed by atoms with Crippen molar-refractivity contribution in [3.05, 3.63) is 61.7 Å². The van der Waals surface area contributed by atoms with E-state index in [-0.39, 0.29) is 19.5 Å². The molecule has 2 aromatic rings. The summed E-state index contributed by atoms with van der Waals surface area (Å²) in [6.07, 6.45) is 14.7. The number of hydrogen-bond acceptors (Lipinski definition) is 1. The van der Waals surface area contributed by atoms with Crippen LogP contribution >= 0.6 is 7.92 Å². The largest absolute Gasteiger partial charge is 0.673 e. The molecular formula is C28H41BF4NPRh. The van der Waals surface area contributed by atoms with Gasteiger partial charge in [0.15, 0.2) is 0 Å². The number of halogens is 4. The second kappa shape index (κ2) is 16.6. The summed E-state index contributed by atoms with van der Waals surface area (Å²) in [4.78, 5) is 2.28. The summed E-state index contributed by atoms with van der Waals surface area (Å²) in [5.41, 5.74) is 6.27. The molecule has 1 radical (unpaired) electrons. The summed E-state index contributed by atoms with van der Waals surface area (Å²) in [7, 11) is -2.21. The third kappa shape index (κ3) is 10.3. The molecule has 0 N–H and O–H groups in total. The van der Waals surface area contributed by atoms with Crippen molar-refractivity contribution in [1.82, 2.24) is 0 Å². The van der Waals surface area contributed by atoms with E-state index in [9.17, 15) is 17.3 Å². The Morgan fingerprint density at radius 3 is 1.53 bits per heavy atom. The van der Waals surface area contributed by atoms with Gasteiger partial charge in [-0.25, -0.2) is 0 Å². The zero-order chi connectivity index (χ0) is 25.8. The van der Waals surface area contributed by atoms with Gasteiger partial charge in [0.1, 0.15) is 0 Å². The van der Waals surface area contributed by atoms with Crippen molar-refractivity contribution in [2.24, 2.45) is 0 Å². The van der Waals surface area contributed by atoms with Crippen molar-refractivity contribution >= 4 is 26.2 Å². The van der Waals surface area contributed by atoms with Crippen LogP contribution in [0, 0.1) is 0 Å². The number of rotatable bonds is 5. The predicted molar refractivity (Wildman–Crippen MR) is 149 cm³/mol. The van der Waals surface area contributed by atoms with E-state index in [0.717, 1.165) is 11.3 Å². The molecule has 0 atom stereocenters. The Bertz CT molecular complexity index is 860. The molecule has 2 aliphatic rings. The van der Waals surface area contributed by atoms with E-state index in [1.54, 1.807) is 5.30 Å². The number of benzene rings is 2. The molecule has 0 aromatic heterocycles. The SMILES string of the molecule is C=C.CN(C)c1ccccc1-c1ccccc1[PH+](C1CCCCC1)C1CCCCC1.F[B-](F)(F)F.[Rh]. The first-order valence-electron chi connectivity index (χ1n) is 12.9. The van der Waals surface area contributed by atoms with Crippen LogP contribution in [0.2, 0.25) is 0 Å². The van der Waals surface area contributed by atoms with Gasteiger partial charge in [0.2, 0.25) is 0 Å². The number of anilines is 1. The predicted octanol–water partition coefficient (Wildman–Crippen LogP) is 9.02. The first kappa shape index (κ1) is 32.8. The quantitative estimate of drug-likeness (QED) is 0.141. The molecule has 0 amide bonds. The van der Waals surface area contributed by atoms with Gasteiger partial charge in [-0.15, -0.1) is 13.2 Å². The standard InChI is InChI=1S/C26H36NP.C2H4.BF4.Rh/c1-27(2)25-19-11-9-17-23(25)24-18-10-12-20-26(24)28(21-13-5-3-6-14-21)22-15-7-4-8-16-22;1-2;2-1(3,4)5;/h9-12,17-22H,3-8,13-16H2,1-2H3;1-2H2;;/q;;-1;/p+1. The van der Waals surface area contributed by atoms with Crippen LogP contribution in [0.3, 0.4) is 0 Å². The topological polar surface area (TPSA) is 3.24 Å². The van der Waals surface area contributed by atoms with Gasteiger partial charge in [-0.05, 0) is 63.5 Å². The van der Waals surface area contributed by atoms with Gasteiger partial charge in [-0.3, -0.25) is 0 Å². The summed E-state index contributed by atoms with van der Waals surface area (Å²) in [5, 5.41) is 1.74. The molecule has 36 heavy (non-hydrogen) atoms.